The molecule has 0 radical (unpaired) electrons. The molecule has 2 aromatic rings. The number of amides is 2. The van der Waals surface area contributed by atoms with Gasteiger partial charge < -0.3 is 14.7 Å². The molecule has 0 spiro atoms. The minimum absolute atomic E-state index is 0.0212. The third-order valence-corrected chi connectivity index (χ3v) is 9.45. The fourth-order valence-corrected chi connectivity index (χ4v) is 7.08. The molecule has 2 aromatic carbocycles. The summed E-state index contributed by atoms with van der Waals surface area (Å²) in [6.45, 7) is 3.94. The predicted octanol–water partition coefficient (Wildman–Crippen LogP) is 4.25. The van der Waals surface area contributed by atoms with Crippen molar-refractivity contribution in [1.82, 2.24) is 14.5 Å². The normalized spacial score (nSPS) is 19.6. The lowest BCUT2D eigenvalue weighted by Gasteiger charge is -2.39. The standard InChI is InChI=1S/C31H41ClN4O4S/c1-41(39,40)33-30(24-11-12-24)27-7-3-4-8-28(27)34-17-19-36(20-18-34)31(38)25(21-23-9-13-26(32)14-10-23)22-29(37)35-15-5-2-6-16-35/h3-4,7-10,13-14,24-25,30,33H,2,5-6,11-12,15-22H2,1H3. The summed E-state index contributed by atoms with van der Waals surface area (Å²) in [5.74, 6) is -0.0376. The van der Waals surface area contributed by atoms with Crippen molar-refractivity contribution in [2.24, 2.45) is 11.8 Å². The molecule has 2 unspecified atom stereocenters. The van der Waals surface area contributed by atoms with Gasteiger partial charge >= 0.3 is 0 Å². The van der Waals surface area contributed by atoms with Gasteiger partial charge in [0.2, 0.25) is 21.8 Å². The molecule has 5 rings (SSSR count). The highest BCUT2D eigenvalue weighted by molar-refractivity contribution is 7.88. The van der Waals surface area contributed by atoms with E-state index in [1.165, 1.54) is 6.26 Å². The summed E-state index contributed by atoms with van der Waals surface area (Å²) in [5.41, 5.74) is 3.01. The van der Waals surface area contributed by atoms with Gasteiger partial charge in [0, 0.05) is 56.4 Å². The van der Waals surface area contributed by atoms with Gasteiger partial charge in [-0.2, -0.15) is 0 Å². The molecule has 2 amide bonds. The van der Waals surface area contributed by atoms with Crippen molar-refractivity contribution in [2.75, 3.05) is 50.4 Å². The van der Waals surface area contributed by atoms with Crippen molar-refractivity contribution in [3.8, 4) is 0 Å². The Kier molecular flexibility index (Phi) is 9.56. The molecule has 2 aliphatic heterocycles. The number of likely N-dealkylation sites (tertiary alicyclic amines) is 1. The van der Waals surface area contributed by atoms with Crippen molar-refractivity contribution in [1.29, 1.82) is 0 Å². The molecule has 2 saturated heterocycles. The van der Waals surface area contributed by atoms with Crippen LogP contribution in [0.4, 0.5) is 5.69 Å². The van der Waals surface area contributed by atoms with Crippen molar-refractivity contribution >= 4 is 39.1 Å². The molecule has 0 aromatic heterocycles. The molecule has 1 N–H and O–H groups in total. The number of benzene rings is 2. The molecule has 41 heavy (non-hydrogen) atoms. The summed E-state index contributed by atoms with van der Waals surface area (Å²) in [6, 6.07) is 15.3. The summed E-state index contributed by atoms with van der Waals surface area (Å²) in [5, 5.41) is 0.646. The number of hydrogen-bond donors (Lipinski definition) is 1. The highest BCUT2D eigenvalue weighted by Crippen LogP contribution is 2.44. The van der Waals surface area contributed by atoms with Crippen LogP contribution in [0.2, 0.25) is 5.02 Å². The zero-order valence-corrected chi connectivity index (χ0v) is 25.4. The second-order valence-corrected chi connectivity index (χ2v) is 14.0. The first kappa shape index (κ1) is 29.9. The number of para-hydroxylation sites is 1. The SMILES string of the molecule is CS(=O)(=O)NC(c1ccccc1N1CCN(C(=O)C(CC(=O)N2CCCCC2)Cc2ccc(Cl)cc2)CC1)C1CC1. The maximum Gasteiger partial charge on any atom is 0.226 e. The van der Waals surface area contributed by atoms with Crippen molar-refractivity contribution in [2.45, 2.75) is 51.0 Å². The molecule has 1 aliphatic carbocycles. The highest BCUT2D eigenvalue weighted by atomic mass is 35.5. The van der Waals surface area contributed by atoms with E-state index in [1.54, 1.807) is 0 Å². The van der Waals surface area contributed by atoms with E-state index in [-0.39, 0.29) is 24.3 Å². The van der Waals surface area contributed by atoms with Gasteiger partial charge in [0.15, 0.2) is 0 Å². The fraction of sp³-hybridized carbons (Fsp3) is 0.548. The fourth-order valence-electron chi connectivity index (χ4n) is 6.17. The Morgan fingerprint density at radius 2 is 1.56 bits per heavy atom. The third-order valence-electron chi connectivity index (χ3n) is 8.51. The van der Waals surface area contributed by atoms with Crippen molar-refractivity contribution < 1.29 is 18.0 Å². The second-order valence-electron chi connectivity index (χ2n) is 11.7. The summed E-state index contributed by atoms with van der Waals surface area (Å²) < 4.78 is 27.1. The summed E-state index contributed by atoms with van der Waals surface area (Å²) >= 11 is 6.09. The first-order valence-electron chi connectivity index (χ1n) is 14.8. The van der Waals surface area contributed by atoms with E-state index in [9.17, 15) is 18.0 Å². The molecular weight excluding hydrogens is 560 g/mol. The van der Waals surface area contributed by atoms with Crippen LogP contribution >= 0.6 is 11.6 Å². The van der Waals surface area contributed by atoms with Gasteiger partial charge in [-0.1, -0.05) is 41.9 Å². The Bertz CT molecular complexity index is 1320. The third kappa shape index (κ3) is 8.02. The number of nitrogens with zero attached hydrogens (tertiary/aromatic N) is 3. The van der Waals surface area contributed by atoms with Crippen LogP contribution in [0.3, 0.4) is 0 Å². The number of anilines is 1. The van der Waals surface area contributed by atoms with Crippen LogP contribution in [-0.4, -0.2) is 75.6 Å². The largest absolute Gasteiger partial charge is 0.368 e. The summed E-state index contributed by atoms with van der Waals surface area (Å²) in [7, 11) is -3.36. The van der Waals surface area contributed by atoms with E-state index < -0.39 is 15.9 Å². The molecule has 3 fully saturated rings. The number of carbonyl (C=O) groups excluding carboxylic acids is 2. The van der Waals surface area contributed by atoms with Crippen LogP contribution in [0.15, 0.2) is 48.5 Å². The minimum atomic E-state index is -3.36. The number of nitrogens with one attached hydrogen (secondary N) is 1. The van der Waals surface area contributed by atoms with E-state index >= 15 is 0 Å². The molecule has 222 valence electrons. The molecule has 10 heteroatoms. The van der Waals surface area contributed by atoms with Gasteiger partial charge in [0.05, 0.1) is 18.2 Å². The average molecular weight is 601 g/mol. The van der Waals surface area contributed by atoms with Gasteiger partial charge in [-0.25, -0.2) is 13.1 Å². The van der Waals surface area contributed by atoms with Crippen LogP contribution in [0.25, 0.3) is 0 Å². The Morgan fingerprint density at radius 1 is 0.902 bits per heavy atom. The Balaban J connectivity index is 1.28. The summed E-state index contributed by atoms with van der Waals surface area (Å²) in [6.07, 6.45) is 7.13. The van der Waals surface area contributed by atoms with Crippen molar-refractivity contribution in [3.63, 3.8) is 0 Å². The van der Waals surface area contributed by atoms with Crippen molar-refractivity contribution in [3.05, 3.63) is 64.7 Å². The second kappa shape index (κ2) is 13.1. The molecular formula is C31H41ClN4O4S. The Labute approximate surface area is 249 Å². The average Bonchev–Trinajstić information content (AvgIpc) is 3.82. The van der Waals surface area contributed by atoms with Gasteiger partial charge in [0.25, 0.3) is 0 Å². The van der Waals surface area contributed by atoms with E-state index in [2.05, 4.69) is 9.62 Å². The van der Waals surface area contributed by atoms with E-state index in [0.717, 1.165) is 62.0 Å². The Hall–Kier alpha value is -2.62. The maximum atomic E-state index is 13.9. The molecule has 0 bridgehead atoms. The minimum Gasteiger partial charge on any atom is -0.368 e. The molecule has 2 atom stereocenters. The van der Waals surface area contributed by atoms with Crippen LogP contribution in [0.1, 0.15) is 55.7 Å². The van der Waals surface area contributed by atoms with Crippen LogP contribution < -0.4 is 9.62 Å². The zero-order chi connectivity index (χ0) is 29.0. The lowest BCUT2D eigenvalue weighted by atomic mass is 9.93. The number of halogens is 1. The number of hydrogen-bond acceptors (Lipinski definition) is 5. The van der Waals surface area contributed by atoms with E-state index in [4.69, 9.17) is 11.6 Å². The highest BCUT2D eigenvalue weighted by Gasteiger charge is 2.37. The quantitative estimate of drug-likeness (QED) is 0.440. The number of piperazine rings is 1. The van der Waals surface area contributed by atoms with E-state index in [1.807, 2.05) is 58.3 Å². The van der Waals surface area contributed by atoms with Crippen LogP contribution in [-0.2, 0) is 26.0 Å². The number of rotatable bonds is 10. The Morgan fingerprint density at radius 3 is 2.20 bits per heavy atom. The van der Waals surface area contributed by atoms with Gasteiger partial charge in [0.1, 0.15) is 0 Å². The lowest BCUT2D eigenvalue weighted by molar-refractivity contribution is -0.142. The van der Waals surface area contributed by atoms with Gasteiger partial charge in [-0.3, -0.25) is 9.59 Å². The maximum absolute atomic E-state index is 13.9. The number of piperidine rings is 1. The molecule has 1 saturated carbocycles. The zero-order valence-electron chi connectivity index (χ0n) is 23.8. The number of sulfonamides is 1. The lowest BCUT2D eigenvalue weighted by Crippen LogP contribution is -2.51. The first-order valence-corrected chi connectivity index (χ1v) is 17.1. The molecule has 8 nitrogen and oxygen atoms in total. The van der Waals surface area contributed by atoms with Gasteiger partial charge in [-0.05, 0) is 73.8 Å². The monoisotopic (exact) mass is 600 g/mol. The number of carbonyl (C=O) groups is 2. The van der Waals surface area contributed by atoms with Crippen LogP contribution in [0, 0.1) is 11.8 Å². The van der Waals surface area contributed by atoms with Gasteiger partial charge in [-0.15, -0.1) is 0 Å². The molecule has 3 aliphatic rings. The smallest absolute Gasteiger partial charge is 0.226 e. The first-order chi connectivity index (χ1) is 19.7. The summed E-state index contributed by atoms with van der Waals surface area (Å²) in [4.78, 5) is 33.2. The van der Waals surface area contributed by atoms with E-state index in [0.29, 0.717) is 43.5 Å². The molecule has 2 heterocycles. The predicted molar refractivity (Wildman–Crippen MR) is 162 cm³/mol. The van der Waals surface area contributed by atoms with Crippen LogP contribution in [0.5, 0.6) is 0 Å². The topological polar surface area (TPSA) is 90.0 Å².